The molecule has 0 bridgehead atoms. The van der Waals surface area contributed by atoms with Crippen molar-refractivity contribution in [3.63, 3.8) is 0 Å². The molecule has 8 heteroatoms. The Bertz CT molecular complexity index is 1110. The molecule has 0 aliphatic heterocycles. The van der Waals surface area contributed by atoms with E-state index in [-0.39, 0.29) is 5.91 Å². The molecule has 2 atom stereocenters. The van der Waals surface area contributed by atoms with Crippen molar-refractivity contribution < 1.29 is 9.52 Å². The maximum Gasteiger partial charge on any atom is 0.272 e. The molecule has 0 spiro atoms. The van der Waals surface area contributed by atoms with Crippen LogP contribution in [0.4, 0.5) is 0 Å². The summed E-state index contributed by atoms with van der Waals surface area (Å²) < 4.78 is 2.42. The largest absolute Gasteiger partial charge is 0.619 e. The van der Waals surface area contributed by atoms with Crippen molar-refractivity contribution in [3.05, 3.63) is 70.8 Å². The van der Waals surface area contributed by atoms with Gasteiger partial charge in [0.25, 0.3) is 5.91 Å². The van der Waals surface area contributed by atoms with Crippen molar-refractivity contribution >= 4 is 5.91 Å². The van der Waals surface area contributed by atoms with Gasteiger partial charge in [0.2, 0.25) is 12.0 Å². The third-order valence-corrected chi connectivity index (χ3v) is 6.33. The van der Waals surface area contributed by atoms with Crippen molar-refractivity contribution in [2.24, 2.45) is 5.92 Å². The summed E-state index contributed by atoms with van der Waals surface area (Å²) in [4.78, 5) is 22.0. The highest BCUT2D eigenvalue weighted by Gasteiger charge is 2.43. The number of amides is 1. The van der Waals surface area contributed by atoms with E-state index < -0.39 is 5.54 Å². The first-order valence-electron chi connectivity index (χ1n) is 10.3. The molecule has 1 fully saturated rings. The van der Waals surface area contributed by atoms with Crippen molar-refractivity contribution in [3.8, 4) is 5.82 Å². The average Bonchev–Trinajstić information content (AvgIpc) is 3.40. The predicted molar refractivity (Wildman–Crippen MR) is 109 cm³/mol. The molecular weight excluding hydrogens is 380 g/mol. The Morgan fingerprint density at radius 2 is 2.13 bits per heavy atom. The molecule has 3 heterocycles. The molecule has 30 heavy (non-hydrogen) atoms. The van der Waals surface area contributed by atoms with Gasteiger partial charge in [-0.1, -0.05) is 12.5 Å². The summed E-state index contributed by atoms with van der Waals surface area (Å²) in [5.74, 6) is 1.11. The van der Waals surface area contributed by atoms with Crippen molar-refractivity contribution in [1.82, 2.24) is 25.1 Å². The van der Waals surface area contributed by atoms with E-state index in [0.717, 1.165) is 36.2 Å². The normalized spacial score (nSPS) is 20.1. The number of hydrogen-bond acceptors (Lipinski definition) is 5. The van der Waals surface area contributed by atoms with Gasteiger partial charge in [0.1, 0.15) is 0 Å². The van der Waals surface area contributed by atoms with E-state index in [1.807, 2.05) is 32.0 Å². The Morgan fingerprint density at radius 1 is 1.27 bits per heavy atom. The van der Waals surface area contributed by atoms with Crippen molar-refractivity contribution in [1.29, 1.82) is 0 Å². The zero-order valence-corrected chi connectivity index (χ0v) is 17.1. The van der Waals surface area contributed by atoms with Gasteiger partial charge in [0, 0.05) is 17.7 Å². The molecule has 8 nitrogen and oxygen atoms in total. The van der Waals surface area contributed by atoms with Crippen molar-refractivity contribution in [2.75, 3.05) is 0 Å². The molecule has 1 amide bonds. The molecule has 3 aromatic rings. The fourth-order valence-electron chi connectivity index (χ4n) is 4.92. The van der Waals surface area contributed by atoms with Gasteiger partial charge in [0.05, 0.1) is 23.1 Å². The Labute approximate surface area is 174 Å². The lowest BCUT2D eigenvalue weighted by atomic mass is 9.99. The number of carbonyl (C=O) groups is 1. The molecular formula is C22H24N6O2. The van der Waals surface area contributed by atoms with E-state index in [1.165, 1.54) is 25.0 Å². The van der Waals surface area contributed by atoms with Crippen LogP contribution in [-0.4, -0.2) is 25.7 Å². The number of carbonyl (C=O) groups excluding carboxylic acids is 1. The Kier molecular flexibility index (Phi) is 4.30. The van der Waals surface area contributed by atoms with E-state index >= 15 is 0 Å². The quantitative estimate of drug-likeness (QED) is 0.532. The van der Waals surface area contributed by atoms with Gasteiger partial charge in [-0.3, -0.25) is 9.78 Å². The van der Waals surface area contributed by atoms with Gasteiger partial charge in [0.15, 0.2) is 11.9 Å². The number of rotatable bonds is 4. The molecule has 0 aromatic carbocycles. The minimum Gasteiger partial charge on any atom is -0.619 e. The molecule has 0 radical (unpaired) electrons. The van der Waals surface area contributed by atoms with Crippen LogP contribution in [0.3, 0.4) is 0 Å². The van der Waals surface area contributed by atoms with Crippen LogP contribution < -0.4 is 10.0 Å². The Hall–Kier alpha value is -3.29. The Morgan fingerprint density at radius 3 is 2.90 bits per heavy atom. The average molecular weight is 404 g/mol. The van der Waals surface area contributed by atoms with Crippen LogP contribution >= 0.6 is 0 Å². The van der Waals surface area contributed by atoms with E-state index in [1.54, 1.807) is 10.9 Å². The lowest BCUT2D eigenvalue weighted by Crippen LogP contribution is -2.42. The molecule has 0 unspecified atom stereocenters. The number of aromatic nitrogens is 5. The van der Waals surface area contributed by atoms with Crippen LogP contribution in [0.15, 0.2) is 43.0 Å². The lowest BCUT2D eigenvalue weighted by Gasteiger charge is -2.25. The fourth-order valence-corrected chi connectivity index (χ4v) is 4.92. The van der Waals surface area contributed by atoms with Gasteiger partial charge in [-0.15, -0.1) is 0 Å². The number of fused-ring (bicyclic) bond motifs is 3. The summed E-state index contributed by atoms with van der Waals surface area (Å²) >= 11 is 0. The zero-order valence-electron chi connectivity index (χ0n) is 17.1. The third kappa shape index (κ3) is 3.03. The zero-order chi connectivity index (χ0) is 20.9. The maximum absolute atomic E-state index is 13.3. The van der Waals surface area contributed by atoms with Gasteiger partial charge in [-0.05, 0) is 51.2 Å². The molecule has 2 aliphatic carbocycles. The van der Waals surface area contributed by atoms with Crippen LogP contribution in [0.2, 0.25) is 0 Å². The molecule has 0 saturated heterocycles. The van der Waals surface area contributed by atoms with Crippen molar-refractivity contribution in [2.45, 2.75) is 51.0 Å². The second-order valence-electron chi connectivity index (χ2n) is 8.69. The van der Waals surface area contributed by atoms with E-state index in [2.05, 4.69) is 20.4 Å². The minimum atomic E-state index is -0.646. The summed E-state index contributed by atoms with van der Waals surface area (Å²) in [6, 6.07) is 5.65. The summed E-state index contributed by atoms with van der Waals surface area (Å²) in [5.41, 5.74) is 2.58. The van der Waals surface area contributed by atoms with Crippen LogP contribution in [0.25, 0.3) is 5.82 Å². The summed E-state index contributed by atoms with van der Waals surface area (Å²) in [6.45, 7) is 3.86. The number of hydrogen-bond donors (Lipinski definition) is 1. The topological polar surface area (TPSA) is 99.6 Å². The van der Waals surface area contributed by atoms with Gasteiger partial charge in [-0.25, -0.2) is 9.67 Å². The van der Waals surface area contributed by atoms with Gasteiger partial charge in [-0.2, -0.15) is 9.83 Å². The number of pyridine rings is 1. The standard InChI is InChI=1S/C22H24N6O2/c1-22(2,17-8-3-4-9-23-17)25-21(29)19-16-12-14-6-5-7-15(14)20(16)28(26-19)18-13-27(30)11-10-24-18/h3-4,8-11,13-15H,5-7,12H2,1-2H3,(H,25,29)/t14-,15-/m1/s1. The van der Waals surface area contributed by atoms with E-state index in [9.17, 15) is 10.0 Å². The van der Waals surface area contributed by atoms with E-state index in [0.29, 0.717) is 28.1 Å². The van der Waals surface area contributed by atoms with Crippen LogP contribution in [0.5, 0.6) is 0 Å². The fraction of sp³-hybridized carbons (Fsp3) is 0.409. The lowest BCUT2D eigenvalue weighted by molar-refractivity contribution is -0.605. The SMILES string of the molecule is CC(C)(NC(=O)c1nn(-c2c[n+]([O-])ccn2)c2c1C[C@H]1CCC[C@@H]21)c1ccccn1. The second kappa shape index (κ2) is 6.90. The number of nitrogens with one attached hydrogen (secondary N) is 1. The molecule has 2 aliphatic rings. The minimum absolute atomic E-state index is 0.230. The highest BCUT2D eigenvalue weighted by molar-refractivity contribution is 5.95. The first-order chi connectivity index (χ1) is 14.4. The number of nitrogens with zero attached hydrogens (tertiary/aromatic N) is 5. The molecule has 1 saturated carbocycles. The predicted octanol–water partition coefficient (Wildman–Crippen LogP) is 2.40. The monoisotopic (exact) mass is 404 g/mol. The maximum atomic E-state index is 13.3. The highest BCUT2D eigenvalue weighted by Crippen LogP contribution is 2.49. The highest BCUT2D eigenvalue weighted by atomic mass is 16.5. The van der Waals surface area contributed by atoms with Gasteiger partial charge < -0.3 is 10.5 Å². The van der Waals surface area contributed by atoms with Crippen LogP contribution in [0.1, 0.15) is 66.5 Å². The van der Waals surface area contributed by atoms with Crippen LogP contribution in [0, 0.1) is 11.1 Å². The summed E-state index contributed by atoms with van der Waals surface area (Å²) in [6.07, 6.45) is 10.2. The Balaban J connectivity index is 1.55. The molecule has 5 rings (SSSR count). The summed E-state index contributed by atoms with van der Waals surface area (Å²) in [7, 11) is 0. The molecule has 3 aromatic heterocycles. The smallest absolute Gasteiger partial charge is 0.272 e. The third-order valence-electron chi connectivity index (χ3n) is 6.33. The second-order valence-corrected chi connectivity index (χ2v) is 8.69. The van der Waals surface area contributed by atoms with E-state index in [4.69, 9.17) is 0 Å². The molecule has 1 N–H and O–H groups in total. The van der Waals surface area contributed by atoms with Gasteiger partial charge >= 0.3 is 0 Å². The first kappa shape index (κ1) is 18.7. The first-order valence-corrected chi connectivity index (χ1v) is 10.3. The van der Waals surface area contributed by atoms with Crippen LogP contribution in [-0.2, 0) is 12.0 Å². The molecule has 154 valence electrons. The summed E-state index contributed by atoms with van der Waals surface area (Å²) in [5, 5.41) is 19.6.